The first-order chi connectivity index (χ1) is 8.65. The summed E-state index contributed by atoms with van der Waals surface area (Å²) >= 11 is 12.6. The molecule has 3 rings (SSSR count). The molecule has 0 saturated heterocycles. The van der Waals surface area contributed by atoms with Gasteiger partial charge in [0.05, 0.1) is 25.6 Å². The molecule has 1 unspecified atom stereocenters. The van der Waals surface area contributed by atoms with Crippen LogP contribution in [0.4, 0.5) is 0 Å². The third kappa shape index (κ3) is 2.48. The highest BCUT2D eigenvalue weighted by Gasteiger charge is 2.19. The van der Waals surface area contributed by atoms with Crippen molar-refractivity contribution in [2.24, 2.45) is 0 Å². The second-order valence-corrected chi connectivity index (χ2v) is 8.83. The van der Waals surface area contributed by atoms with Crippen LogP contribution >= 0.6 is 59.1 Å². The predicted molar refractivity (Wildman–Crippen MR) is 85.4 cm³/mol. The second kappa shape index (κ2) is 5.37. The van der Waals surface area contributed by atoms with E-state index in [9.17, 15) is 0 Å². The standard InChI is InChI=1S/C13H9Br3OS/c14-11-4-10(13(16)18-11)12(15)7-1-2-8-5-17-6-9(8)3-7/h1-4,12H,5-6H2. The van der Waals surface area contributed by atoms with Gasteiger partial charge in [0.1, 0.15) is 0 Å². The average Bonchev–Trinajstić information content (AvgIpc) is 2.93. The molecule has 1 nitrogen and oxygen atoms in total. The van der Waals surface area contributed by atoms with Crippen molar-refractivity contribution in [3.63, 3.8) is 0 Å². The van der Waals surface area contributed by atoms with Gasteiger partial charge in [-0.15, -0.1) is 11.3 Å². The molecule has 0 aliphatic carbocycles. The minimum atomic E-state index is 0.209. The number of thiophene rings is 1. The Balaban J connectivity index is 1.97. The van der Waals surface area contributed by atoms with Crippen LogP contribution in [0.15, 0.2) is 31.8 Å². The minimum Gasteiger partial charge on any atom is -0.372 e. The van der Waals surface area contributed by atoms with E-state index in [0.29, 0.717) is 0 Å². The lowest BCUT2D eigenvalue weighted by Gasteiger charge is -2.11. The molecule has 0 N–H and O–H groups in total. The number of hydrogen-bond donors (Lipinski definition) is 0. The molecule has 2 aromatic rings. The lowest BCUT2D eigenvalue weighted by atomic mass is 10.0. The summed E-state index contributed by atoms with van der Waals surface area (Å²) in [6, 6.07) is 8.73. The Morgan fingerprint density at radius 2 is 1.89 bits per heavy atom. The van der Waals surface area contributed by atoms with Gasteiger partial charge in [-0.05, 0) is 60.2 Å². The first-order valence-electron chi connectivity index (χ1n) is 5.43. The van der Waals surface area contributed by atoms with Gasteiger partial charge in [0, 0.05) is 0 Å². The summed E-state index contributed by atoms with van der Waals surface area (Å²) in [5.74, 6) is 0. The summed E-state index contributed by atoms with van der Waals surface area (Å²) < 4.78 is 7.75. The van der Waals surface area contributed by atoms with E-state index in [1.165, 1.54) is 22.3 Å². The van der Waals surface area contributed by atoms with Gasteiger partial charge in [0.25, 0.3) is 0 Å². The first kappa shape index (κ1) is 13.3. The topological polar surface area (TPSA) is 9.23 Å². The van der Waals surface area contributed by atoms with Gasteiger partial charge in [0.2, 0.25) is 0 Å². The highest BCUT2D eigenvalue weighted by atomic mass is 79.9. The van der Waals surface area contributed by atoms with Gasteiger partial charge in [-0.1, -0.05) is 34.1 Å². The highest BCUT2D eigenvalue weighted by molar-refractivity contribution is 9.12. The normalized spacial score (nSPS) is 15.7. The number of hydrogen-bond acceptors (Lipinski definition) is 2. The van der Waals surface area contributed by atoms with Crippen molar-refractivity contribution in [3.8, 4) is 0 Å². The molecule has 0 spiro atoms. The fourth-order valence-corrected chi connectivity index (χ4v) is 6.06. The Kier molecular flexibility index (Phi) is 3.97. The molecule has 1 aliphatic rings. The van der Waals surface area contributed by atoms with Crippen molar-refractivity contribution in [1.82, 2.24) is 0 Å². The number of rotatable bonds is 2. The highest BCUT2D eigenvalue weighted by Crippen LogP contribution is 2.42. The van der Waals surface area contributed by atoms with Crippen LogP contribution in [0.2, 0.25) is 0 Å². The van der Waals surface area contributed by atoms with Crippen molar-refractivity contribution >= 4 is 59.1 Å². The van der Waals surface area contributed by atoms with Crippen molar-refractivity contribution in [3.05, 3.63) is 54.1 Å². The SMILES string of the molecule is Brc1cc(C(Br)c2ccc3c(c2)COC3)c(Br)s1. The Hall–Kier alpha value is 0.320. The predicted octanol–water partition coefficient (Wildman–Crippen LogP) is 5.79. The van der Waals surface area contributed by atoms with Gasteiger partial charge >= 0.3 is 0 Å². The maximum atomic E-state index is 5.45. The average molecular weight is 453 g/mol. The molecule has 2 heterocycles. The zero-order chi connectivity index (χ0) is 12.7. The van der Waals surface area contributed by atoms with Gasteiger partial charge in [0.15, 0.2) is 0 Å². The third-order valence-corrected chi connectivity index (χ3v) is 6.40. The first-order valence-corrected chi connectivity index (χ1v) is 8.75. The molecule has 1 aliphatic heterocycles. The van der Waals surface area contributed by atoms with Crippen molar-refractivity contribution < 1.29 is 4.74 Å². The van der Waals surface area contributed by atoms with E-state index in [2.05, 4.69) is 72.1 Å². The smallest absolute Gasteiger partial charge is 0.0757 e. The lowest BCUT2D eigenvalue weighted by Crippen LogP contribution is -1.94. The quantitative estimate of drug-likeness (QED) is 0.524. The molecule has 0 bridgehead atoms. The summed E-state index contributed by atoms with van der Waals surface area (Å²) in [5.41, 5.74) is 5.14. The third-order valence-electron chi connectivity index (χ3n) is 2.99. The van der Waals surface area contributed by atoms with E-state index >= 15 is 0 Å². The second-order valence-electron chi connectivity index (χ2n) is 4.16. The molecule has 94 valence electrons. The van der Waals surface area contributed by atoms with Crippen LogP contribution in [0, 0.1) is 0 Å². The molecule has 0 amide bonds. The summed E-state index contributed by atoms with van der Waals surface area (Å²) in [6.45, 7) is 1.48. The minimum absolute atomic E-state index is 0.209. The number of halogens is 3. The van der Waals surface area contributed by atoms with Crippen LogP contribution in [0.1, 0.15) is 27.1 Å². The van der Waals surface area contributed by atoms with Gasteiger partial charge in [-0.2, -0.15) is 0 Å². The zero-order valence-corrected chi connectivity index (χ0v) is 14.8. The molecule has 0 radical (unpaired) electrons. The number of ether oxygens (including phenoxy) is 1. The van der Waals surface area contributed by atoms with Crippen LogP contribution in [0.3, 0.4) is 0 Å². The van der Waals surface area contributed by atoms with Gasteiger partial charge in [-0.3, -0.25) is 0 Å². The molecule has 0 saturated carbocycles. The van der Waals surface area contributed by atoms with E-state index in [0.717, 1.165) is 20.8 Å². The summed E-state index contributed by atoms with van der Waals surface area (Å²) in [4.78, 5) is 0.209. The molecule has 0 fully saturated rings. The summed E-state index contributed by atoms with van der Waals surface area (Å²) in [5, 5.41) is 0. The Labute approximate surface area is 135 Å². The largest absolute Gasteiger partial charge is 0.372 e. The van der Waals surface area contributed by atoms with Crippen LogP contribution in [0.5, 0.6) is 0 Å². The van der Waals surface area contributed by atoms with E-state index in [1.807, 2.05) is 0 Å². The summed E-state index contributed by atoms with van der Waals surface area (Å²) in [7, 11) is 0. The molecule has 1 atom stereocenters. The van der Waals surface area contributed by atoms with Crippen LogP contribution in [0.25, 0.3) is 0 Å². The van der Waals surface area contributed by atoms with E-state index in [4.69, 9.17) is 4.74 Å². The van der Waals surface area contributed by atoms with Gasteiger partial charge in [-0.25, -0.2) is 0 Å². The fraction of sp³-hybridized carbons (Fsp3) is 0.231. The van der Waals surface area contributed by atoms with Crippen LogP contribution in [-0.2, 0) is 18.0 Å². The van der Waals surface area contributed by atoms with Crippen molar-refractivity contribution in [2.45, 2.75) is 18.0 Å². The summed E-state index contributed by atoms with van der Waals surface area (Å²) in [6.07, 6.45) is 0. The maximum absolute atomic E-state index is 5.45. The maximum Gasteiger partial charge on any atom is 0.0757 e. The monoisotopic (exact) mass is 450 g/mol. The van der Waals surface area contributed by atoms with Crippen molar-refractivity contribution in [2.75, 3.05) is 0 Å². The van der Waals surface area contributed by atoms with Crippen molar-refractivity contribution in [1.29, 1.82) is 0 Å². The molecular weight excluding hydrogens is 444 g/mol. The lowest BCUT2D eigenvalue weighted by molar-refractivity contribution is 0.134. The Bertz CT molecular complexity index is 594. The van der Waals surface area contributed by atoms with E-state index < -0.39 is 0 Å². The number of fused-ring (bicyclic) bond motifs is 1. The zero-order valence-electron chi connectivity index (χ0n) is 9.25. The Morgan fingerprint density at radius 3 is 2.61 bits per heavy atom. The van der Waals surface area contributed by atoms with E-state index in [1.54, 1.807) is 11.3 Å². The number of alkyl halides is 1. The van der Waals surface area contributed by atoms with Crippen LogP contribution in [-0.4, -0.2) is 0 Å². The molecule has 18 heavy (non-hydrogen) atoms. The molecular formula is C13H9Br3OS. The molecule has 1 aromatic carbocycles. The Morgan fingerprint density at radius 1 is 1.11 bits per heavy atom. The molecule has 1 aromatic heterocycles. The molecule has 5 heteroatoms. The number of benzene rings is 1. The van der Waals surface area contributed by atoms with Crippen LogP contribution < -0.4 is 0 Å². The van der Waals surface area contributed by atoms with E-state index in [-0.39, 0.29) is 4.83 Å². The van der Waals surface area contributed by atoms with Gasteiger partial charge < -0.3 is 4.74 Å². The fourth-order valence-electron chi connectivity index (χ4n) is 2.05.